The number of primary amides is 1. The zero-order chi connectivity index (χ0) is 25.1. The summed E-state index contributed by atoms with van der Waals surface area (Å²) in [5.74, 6) is 1.74. The summed E-state index contributed by atoms with van der Waals surface area (Å²) in [5.41, 5.74) is 6.60. The second-order valence-corrected chi connectivity index (χ2v) is 10.1. The minimum absolute atomic E-state index is 0.122. The number of hydrogen-bond donors (Lipinski definition) is 1. The number of ether oxygens (including phenoxy) is 1. The number of likely N-dealkylation sites (tertiary alicyclic amines) is 1. The third-order valence-electron chi connectivity index (χ3n) is 5.98. The molecular weight excluding hydrogens is 500 g/mol. The summed E-state index contributed by atoms with van der Waals surface area (Å²) in [6.07, 6.45) is 2.77. The van der Waals surface area contributed by atoms with E-state index in [0.717, 1.165) is 10.7 Å². The van der Waals surface area contributed by atoms with Gasteiger partial charge < -0.3 is 19.8 Å². The minimum atomic E-state index is -0.300. The average Bonchev–Trinajstić information content (AvgIpc) is 3.68. The predicted octanol–water partition coefficient (Wildman–Crippen LogP) is 3.62. The van der Waals surface area contributed by atoms with Gasteiger partial charge in [0.25, 0.3) is 5.91 Å². The number of para-hydroxylation sites is 2. The fraction of sp³-hybridized carbons (Fsp3) is 0.292. The number of piperidine rings is 1. The fourth-order valence-corrected chi connectivity index (χ4v) is 5.82. The maximum Gasteiger partial charge on any atom is 0.273 e. The van der Waals surface area contributed by atoms with Gasteiger partial charge in [0, 0.05) is 24.4 Å². The van der Waals surface area contributed by atoms with E-state index in [1.165, 1.54) is 23.1 Å². The highest BCUT2D eigenvalue weighted by Gasteiger charge is 2.28. The summed E-state index contributed by atoms with van der Waals surface area (Å²) in [6, 6.07) is 11.3. The zero-order valence-corrected chi connectivity index (χ0v) is 21.1. The number of furan rings is 1. The summed E-state index contributed by atoms with van der Waals surface area (Å²) in [4.78, 5) is 30.6. The maximum atomic E-state index is 12.9. The quantitative estimate of drug-likeness (QED) is 0.346. The Labute approximate surface area is 215 Å². The van der Waals surface area contributed by atoms with Crippen molar-refractivity contribution < 1.29 is 18.7 Å². The molecule has 0 radical (unpaired) electrons. The number of benzene rings is 1. The van der Waals surface area contributed by atoms with Crippen molar-refractivity contribution in [2.45, 2.75) is 23.8 Å². The molecule has 12 heteroatoms. The number of rotatable bonds is 8. The van der Waals surface area contributed by atoms with Crippen LogP contribution in [0.2, 0.25) is 0 Å². The Bertz CT molecular complexity index is 1360. The van der Waals surface area contributed by atoms with Crippen LogP contribution in [0.1, 0.15) is 28.3 Å². The molecule has 0 spiro atoms. The van der Waals surface area contributed by atoms with Crippen LogP contribution in [0.3, 0.4) is 0 Å². The molecule has 10 nitrogen and oxygen atoms in total. The van der Waals surface area contributed by atoms with Gasteiger partial charge in [-0.05, 0) is 37.1 Å². The molecule has 0 aliphatic carbocycles. The highest BCUT2D eigenvalue weighted by molar-refractivity contribution is 7.98. The Balaban J connectivity index is 1.33. The number of methoxy groups -OCH3 is 1. The molecule has 3 aromatic heterocycles. The zero-order valence-electron chi connectivity index (χ0n) is 19.5. The van der Waals surface area contributed by atoms with Crippen LogP contribution in [0.25, 0.3) is 17.3 Å². The lowest BCUT2D eigenvalue weighted by atomic mass is 9.96. The van der Waals surface area contributed by atoms with Crippen LogP contribution in [-0.4, -0.2) is 56.7 Å². The summed E-state index contributed by atoms with van der Waals surface area (Å²) >= 11 is 2.89. The van der Waals surface area contributed by atoms with Gasteiger partial charge in [-0.3, -0.25) is 14.2 Å². The van der Waals surface area contributed by atoms with Crippen molar-refractivity contribution in [1.82, 2.24) is 24.6 Å². The van der Waals surface area contributed by atoms with Crippen molar-refractivity contribution >= 4 is 34.9 Å². The molecule has 1 aliphatic rings. The number of amides is 2. The van der Waals surface area contributed by atoms with Gasteiger partial charge in [0.1, 0.15) is 16.5 Å². The molecule has 0 unspecified atom stereocenters. The van der Waals surface area contributed by atoms with Gasteiger partial charge in [-0.15, -0.1) is 21.5 Å². The van der Waals surface area contributed by atoms with Crippen LogP contribution in [0.15, 0.2) is 57.6 Å². The van der Waals surface area contributed by atoms with Gasteiger partial charge in [-0.1, -0.05) is 23.9 Å². The Kier molecular flexibility index (Phi) is 7.05. The molecule has 2 N–H and O–H groups in total. The molecule has 4 aromatic rings. The van der Waals surface area contributed by atoms with Crippen LogP contribution < -0.4 is 10.5 Å². The van der Waals surface area contributed by atoms with E-state index in [1.54, 1.807) is 29.7 Å². The monoisotopic (exact) mass is 524 g/mol. The topological polar surface area (TPSA) is 129 Å². The lowest BCUT2D eigenvalue weighted by Crippen LogP contribution is -2.41. The Morgan fingerprint density at radius 1 is 1.19 bits per heavy atom. The standard InChI is InChI=1S/C24H24N6O4S2/c1-33-18-6-3-2-5-17(18)30-22(19-7-4-12-34-19)27-28-24(30)36-14-20-26-16(13-35-20)23(32)29-10-8-15(9-11-29)21(25)31/h2-7,12-13,15H,8-11,14H2,1H3,(H2,25,31). The Morgan fingerprint density at radius 2 is 2.00 bits per heavy atom. The van der Waals surface area contributed by atoms with Gasteiger partial charge in [0.15, 0.2) is 10.9 Å². The summed E-state index contributed by atoms with van der Waals surface area (Å²) in [6.45, 7) is 1.01. The van der Waals surface area contributed by atoms with E-state index in [0.29, 0.717) is 59.9 Å². The van der Waals surface area contributed by atoms with E-state index in [-0.39, 0.29) is 17.7 Å². The molecular formula is C24H24N6O4S2. The molecule has 1 saturated heterocycles. The van der Waals surface area contributed by atoms with E-state index in [1.807, 2.05) is 34.9 Å². The number of thioether (sulfide) groups is 1. The van der Waals surface area contributed by atoms with Gasteiger partial charge in [0.2, 0.25) is 11.7 Å². The molecule has 1 fully saturated rings. The third kappa shape index (κ3) is 4.86. The predicted molar refractivity (Wildman–Crippen MR) is 135 cm³/mol. The highest BCUT2D eigenvalue weighted by atomic mass is 32.2. The van der Waals surface area contributed by atoms with Crippen molar-refractivity contribution in [3.8, 4) is 23.0 Å². The van der Waals surface area contributed by atoms with Crippen molar-refractivity contribution in [3.05, 3.63) is 58.7 Å². The first kappa shape index (κ1) is 24.1. The first-order valence-corrected chi connectivity index (χ1v) is 13.2. The molecule has 0 saturated carbocycles. The van der Waals surface area contributed by atoms with Gasteiger partial charge >= 0.3 is 0 Å². The minimum Gasteiger partial charge on any atom is -0.495 e. The van der Waals surface area contributed by atoms with Crippen molar-refractivity contribution in [2.75, 3.05) is 20.2 Å². The second kappa shape index (κ2) is 10.5. The van der Waals surface area contributed by atoms with Crippen LogP contribution in [0, 0.1) is 5.92 Å². The van der Waals surface area contributed by atoms with Crippen LogP contribution in [-0.2, 0) is 10.5 Å². The molecule has 1 aliphatic heterocycles. The number of aromatic nitrogens is 4. The number of carbonyl (C=O) groups excluding carboxylic acids is 2. The third-order valence-corrected chi connectivity index (χ3v) is 7.95. The maximum absolute atomic E-state index is 12.9. The fourth-order valence-electron chi connectivity index (χ4n) is 4.09. The smallest absolute Gasteiger partial charge is 0.273 e. The summed E-state index contributed by atoms with van der Waals surface area (Å²) in [5, 5.41) is 12.0. The molecule has 186 valence electrons. The average molecular weight is 525 g/mol. The number of carbonyl (C=O) groups is 2. The van der Waals surface area contributed by atoms with E-state index in [9.17, 15) is 9.59 Å². The number of nitrogens with zero attached hydrogens (tertiary/aromatic N) is 5. The SMILES string of the molecule is COc1ccccc1-n1c(SCc2nc(C(=O)N3CCC(C(N)=O)CC3)cs2)nnc1-c1ccco1. The van der Waals surface area contributed by atoms with Gasteiger partial charge in [-0.25, -0.2) is 4.98 Å². The van der Waals surface area contributed by atoms with Gasteiger partial charge in [0.05, 0.1) is 24.8 Å². The molecule has 1 aromatic carbocycles. The number of nitrogens with two attached hydrogens (primary N) is 1. The van der Waals surface area contributed by atoms with E-state index in [2.05, 4.69) is 15.2 Å². The highest BCUT2D eigenvalue weighted by Crippen LogP contribution is 2.34. The molecule has 2 amide bonds. The van der Waals surface area contributed by atoms with Crippen LogP contribution >= 0.6 is 23.1 Å². The van der Waals surface area contributed by atoms with Crippen LogP contribution in [0.4, 0.5) is 0 Å². The van der Waals surface area contributed by atoms with Crippen molar-refractivity contribution in [3.63, 3.8) is 0 Å². The first-order chi connectivity index (χ1) is 17.5. The largest absolute Gasteiger partial charge is 0.495 e. The number of thiazole rings is 1. The molecule has 5 rings (SSSR count). The van der Waals surface area contributed by atoms with E-state index < -0.39 is 0 Å². The summed E-state index contributed by atoms with van der Waals surface area (Å²) < 4.78 is 13.1. The van der Waals surface area contributed by atoms with Crippen molar-refractivity contribution in [1.29, 1.82) is 0 Å². The van der Waals surface area contributed by atoms with Crippen molar-refractivity contribution in [2.24, 2.45) is 11.7 Å². The molecule has 0 bridgehead atoms. The van der Waals surface area contributed by atoms with E-state index in [4.69, 9.17) is 14.9 Å². The first-order valence-electron chi connectivity index (χ1n) is 11.3. The molecule has 4 heterocycles. The number of hydrogen-bond acceptors (Lipinski definition) is 9. The van der Waals surface area contributed by atoms with E-state index >= 15 is 0 Å². The lowest BCUT2D eigenvalue weighted by molar-refractivity contribution is -0.123. The molecule has 36 heavy (non-hydrogen) atoms. The summed E-state index contributed by atoms with van der Waals surface area (Å²) in [7, 11) is 1.62. The van der Waals surface area contributed by atoms with Crippen LogP contribution in [0.5, 0.6) is 5.75 Å². The van der Waals surface area contributed by atoms with Gasteiger partial charge in [-0.2, -0.15) is 0 Å². The Morgan fingerprint density at radius 3 is 2.72 bits per heavy atom. The second-order valence-electron chi connectivity index (χ2n) is 8.17. The lowest BCUT2D eigenvalue weighted by Gasteiger charge is -2.30. The molecule has 0 atom stereocenters. The Hall–Kier alpha value is -3.64. The normalized spacial score (nSPS) is 14.2.